The van der Waals surface area contributed by atoms with Crippen LogP contribution >= 0.6 is 0 Å². The molecule has 5 rings (SSSR count). The van der Waals surface area contributed by atoms with Gasteiger partial charge in [-0.15, -0.1) is 0 Å². The van der Waals surface area contributed by atoms with Gasteiger partial charge in [-0.2, -0.15) is 0 Å². The Morgan fingerprint density at radius 1 is 0.902 bits per heavy atom. The van der Waals surface area contributed by atoms with E-state index >= 15 is 0 Å². The molecule has 0 amide bonds. The summed E-state index contributed by atoms with van der Waals surface area (Å²) >= 11 is 0. The van der Waals surface area contributed by atoms with Crippen LogP contribution < -0.4 is 9.47 Å². The molecule has 0 radical (unpaired) electrons. The summed E-state index contributed by atoms with van der Waals surface area (Å²) in [6.45, 7) is 1.76. The van der Waals surface area contributed by atoms with Crippen molar-refractivity contribution < 1.29 is 88.8 Å². The van der Waals surface area contributed by atoms with Crippen molar-refractivity contribution in [3.8, 4) is 23.0 Å². The van der Waals surface area contributed by atoms with Crippen LogP contribution in [0.25, 0.3) is 0 Å². The van der Waals surface area contributed by atoms with Crippen molar-refractivity contribution in [3.05, 3.63) is 47.5 Å². The lowest BCUT2D eigenvalue weighted by Crippen LogP contribution is -2.64. The first-order valence-electron chi connectivity index (χ1n) is 15.9. The zero-order valence-corrected chi connectivity index (χ0v) is 27.3. The van der Waals surface area contributed by atoms with E-state index in [0.717, 1.165) is 13.0 Å². The molecule has 2 aromatic carbocycles. The molecule has 0 aromatic heterocycles. The lowest BCUT2D eigenvalue weighted by atomic mass is 9.95. The number of ether oxygens (including phenoxy) is 6. The largest absolute Gasteiger partial charge is 0.508 e. The second kappa shape index (κ2) is 15.2. The van der Waals surface area contributed by atoms with Gasteiger partial charge in [0, 0.05) is 12.1 Å². The van der Waals surface area contributed by atoms with Gasteiger partial charge < -0.3 is 74.4 Å². The zero-order chi connectivity index (χ0) is 37.4. The van der Waals surface area contributed by atoms with Crippen molar-refractivity contribution in [1.82, 2.24) is 0 Å². The first kappa shape index (κ1) is 38.1. The van der Waals surface area contributed by atoms with Gasteiger partial charge in [-0.25, -0.2) is 0 Å². The predicted molar refractivity (Wildman–Crippen MR) is 166 cm³/mol. The number of aromatic hydroxyl groups is 2. The number of carboxylic acids is 1. The molecule has 18 nitrogen and oxygen atoms in total. The van der Waals surface area contributed by atoms with Gasteiger partial charge in [0.05, 0.1) is 31.0 Å². The molecule has 2 saturated heterocycles. The number of aliphatic hydroxyl groups is 6. The number of benzene rings is 2. The van der Waals surface area contributed by atoms with Gasteiger partial charge in [-0.05, 0) is 31.5 Å². The van der Waals surface area contributed by atoms with Crippen molar-refractivity contribution >= 4 is 17.7 Å². The SMILES string of the molecule is C[C@@H]1O[C@@H](O[C@H]2[C@H](Oc3cc(O)c4c(c3)O[C@H](c3ccc(O)cc3)CC4=O)O[C@H](COC(=O)C[C@](C)(O)CC(=O)O)[C@@H](O)[C@@H]2O)[C@H](O)[C@H](O)[C@H]1O. The van der Waals surface area contributed by atoms with Crippen molar-refractivity contribution in [1.29, 1.82) is 0 Å². The van der Waals surface area contributed by atoms with Crippen LogP contribution in [0.3, 0.4) is 0 Å². The van der Waals surface area contributed by atoms with Gasteiger partial charge >= 0.3 is 11.9 Å². The summed E-state index contributed by atoms with van der Waals surface area (Å²) < 4.78 is 34.1. The first-order valence-corrected chi connectivity index (χ1v) is 15.9. The molecule has 3 aliphatic rings. The highest BCUT2D eigenvalue weighted by Gasteiger charge is 2.51. The number of aliphatic carboxylic acids is 1. The molecule has 0 bridgehead atoms. The van der Waals surface area contributed by atoms with Crippen molar-refractivity contribution in [2.45, 2.75) is 106 Å². The van der Waals surface area contributed by atoms with Gasteiger partial charge in [-0.3, -0.25) is 14.4 Å². The third-order valence-electron chi connectivity index (χ3n) is 8.70. The maximum absolute atomic E-state index is 13.0. The van der Waals surface area contributed by atoms with E-state index in [4.69, 9.17) is 33.5 Å². The van der Waals surface area contributed by atoms with Crippen molar-refractivity contribution in [2.24, 2.45) is 0 Å². The minimum absolute atomic E-state index is 0.00408. The Labute approximate surface area is 289 Å². The minimum Gasteiger partial charge on any atom is -0.508 e. The van der Waals surface area contributed by atoms with Crippen molar-refractivity contribution in [3.63, 3.8) is 0 Å². The highest BCUT2D eigenvalue weighted by atomic mass is 16.8. The highest BCUT2D eigenvalue weighted by molar-refractivity contribution is 6.02. The Balaban J connectivity index is 1.39. The van der Waals surface area contributed by atoms with Gasteiger partial charge in [-0.1, -0.05) is 12.1 Å². The molecule has 280 valence electrons. The summed E-state index contributed by atoms with van der Waals surface area (Å²) in [6, 6.07) is 8.23. The van der Waals surface area contributed by atoms with Crippen LogP contribution in [-0.2, 0) is 28.5 Å². The Morgan fingerprint density at radius 3 is 2.25 bits per heavy atom. The maximum atomic E-state index is 13.0. The molecule has 3 aliphatic heterocycles. The number of ketones is 1. The van der Waals surface area contributed by atoms with E-state index in [2.05, 4.69) is 0 Å². The van der Waals surface area contributed by atoms with Gasteiger partial charge in [0.2, 0.25) is 6.29 Å². The zero-order valence-electron chi connectivity index (χ0n) is 27.3. The standard InChI is InChI=1S/C33H40O18/c1-13-25(40)27(42)29(44)31(47-13)51-30-28(43)26(41)21(12-46-23(39)11-33(2,45)10-22(37)38)50-32(30)48-16-7-17(35)24-18(36)9-19(49-20(24)8-16)14-3-5-15(34)6-4-14/h3-8,13,19,21,25-32,34-35,40-45H,9-12H2,1-2H3,(H,37,38)/t13-,19-,21+,25-,26+,27+,28-,29+,30+,31-,32+,33+/m0/s1. The fourth-order valence-corrected chi connectivity index (χ4v) is 5.98. The fraction of sp³-hybridized carbons (Fsp3) is 0.545. The number of fused-ring (bicyclic) bond motifs is 1. The number of esters is 1. The summed E-state index contributed by atoms with van der Waals surface area (Å²) in [5, 5.41) is 92.7. The summed E-state index contributed by atoms with van der Waals surface area (Å²) in [5.41, 5.74) is -1.56. The average Bonchev–Trinajstić information content (AvgIpc) is 3.04. The Hall–Kier alpha value is -4.11. The normalized spacial score (nSPS) is 33.3. The topological polar surface area (TPSA) is 289 Å². The second-order valence-electron chi connectivity index (χ2n) is 13.0. The molecule has 3 heterocycles. The molecule has 12 atom stereocenters. The molecule has 51 heavy (non-hydrogen) atoms. The van der Waals surface area contributed by atoms with Crippen molar-refractivity contribution in [2.75, 3.05) is 6.61 Å². The number of phenolic OH excluding ortho intramolecular Hbond substituents is 2. The van der Waals surface area contributed by atoms with Crippen LogP contribution in [0, 0.1) is 0 Å². The van der Waals surface area contributed by atoms with Gasteiger partial charge in [0.25, 0.3) is 0 Å². The molecule has 2 fully saturated rings. The number of carbonyl (C=O) groups excluding carboxylic acids is 2. The molecular formula is C33H40O18. The summed E-state index contributed by atoms with van der Waals surface area (Å²) in [4.78, 5) is 36.5. The Morgan fingerprint density at radius 2 is 1.59 bits per heavy atom. The summed E-state index contributed by atoms with van der Waals surface area (Å²) in [7, 11) is 0. The van der Waals surface area contributed by atoms with Crippen LogP contribution in [0.5, 0.6) is 23.0 Å². The Bertz CT molecular complexity index is 1580. The molecule has 0 aliphatic carbocycles. The molecule has 9 N–H and O–H groups in total. The average molecular weight is 725 g/mol. The van der Waals surface area contributed by atoms with E-state index in [1.807, 2.05) is 0 Å². The number of hydrogen-bond acceptors (Lipinski definition) is 17. The number of Topliss-reactive ketones (excluding diaryl/α,β-unsaturated/α-hetero) is 1. The number of rotatable bonds is 11. The predicted octanol–water partition coefficient (Wildman–Crippen LogP) is -0.998. The smallest absolute Gasteiger partial charge is 0.308 e. The molecule has 0 spiro atoms. The molecule has 0 saturated carbocycles. The Kier molecular flexibility index (Phi) is 11.4. The molecule has 18 heteroatoms. The van der Waals surface area contributed by atoms with E-state index in [-0.39, 0.29) is 29.2 Å². The summed E-state index contributed by atoms with van der Waals surface area (Å²) in [6.07, 6.45) is -19.1. The van der Waals surface area contributed by atoms with E-state index in [0.29, 0.717) is 5.56 Å². The number of aliphatic hydroxyl groups excluding tert-OH is 5. The van der Waals surface area contributed by atoms with Crippen LogP contribution in [0.4, 0.5) is 0 Å². The van der Waals surface area contributed by atoms with Gasteiger partial charge in [0.1, 0.15) is 77.9 Å². The molecule has 2 aromatic rings. The van der Waals surface area contributed by atoms with E-state index in [9.17, 15) is 55.2 Å². The van der Waals surface area contributed by atoms with E-state index < -0.39 is 116 Å². The maximum Gasteiger partial charge on any atom is 0.308 e. The highest BCUT2D eigenvalue weighted by Crippen LogP contribution is 2.43. The van der Waals surface area contributed by atoms with Crippen LogP contribution in [0.1, 0.15) is 55.1 Å². The van der Waals surface area contributed by atoms with E-state index in [1.54, 1.807) is 12.1 Å². The molecule has 0 unspecified atom stereocenters. The van der Waals surface area contributed by atoms with E-state index in [1.165, 1.54) is 25.1 Å². The second-order valence-corrected chi connectivity index (χ2v) is 13.0. The van der Waals surface area contributed by atoms with Crippen LogP contribution in [-0.4, -0.2) is 137 Å². The number of phenols is 2. The number of carboxylic acid groups (broad SMARTS) is 1. The van der Waals surface area contributed by atoms with Crippen LogP contribution in [0.2, 0.25) is 0 Å². The first-order chi connectivity index (χ1) is 23.9. The minimum atomic E-state index is -1.96. The third kappa shape index (κ3) is 8.68. The fourth-order valence-electron chi connectivity index (χ4n) is 5.98. The number of hydrogen-bond donors (Lipinski definition) is 9. The monoisotopic (exact) mass is 724 g/mol. The number of carbonyl (C=O) groups is 3. The molecular weight excluding hydrogens is 684 g/mol. The summed E-state index contributed by atoms with van der Waals surface area (Å²) in [5.74, 6) is -3.74. The third-order valence-corrected chi connectivity index (χ3v) is 8.70. The quantitative estimate of drug-likeness (QED) is 0.126. The lowest BCUT2D eigenvalue weighted by molar-refractivity contribution is -0.354. The van der Waals surface area contributed by atoms with Crippen LogP contribution in [0.15, 0.2) is 36.4 Å². The van der Waals surface area contributed by atoms with Gasteiger partial charge in [0.15, 0.2) is 18.2 Å². The lowest BCUT2D eigenvalue weighted by Gasteiger charge is -2.45.